The first-order chi connectivity index (χ1) is 13.0. The Morgan fingerprint density at radius 3 is 2.59 bits per heavy atom. The molecular weight excluding hydrogens is 367 g/mol. The van der Waals surface area contributed by atoms with E-state index in [4.69, 9.17) is 11.6 Å². The van der Waals surface area contributed by atoms with Crippen LogP contribution in [0.1, 0.15) is 0 Å². The van der Waals surface area contributed by atoms with Crippen molar-refractivity contribution in [1.29, 1.82) is 0 Å². The quantitative estimate of drug-likeness (QED) is 0.638. The van der Waals surface area contributed by atoms with E-state index < -0.39 is 5.82 Å². The molecule has 0 saturated carbocycles. The molecule has 0 fully saturated rings. The first kappa shape index (κ1) is 19.0. The number of likely N-dealkylation sites (N-methyl/N-ethyl adjacent to an activating group) is 1. The van der Waals surface area contributed by atoms with E-state index in [0.29, 0.717) is 29.0 Å². The Kier molecular flexibility index (Phi) is 6.16. The van der Waals surface area contributed by atoms with Crippen LogP contribution >= 0.6 is 11.6 Å². The Balaban J connectivity index is 1.92. The van der Waals surface area contributed by atoms with Gasteiger partial charge in [-0.2, -0.15) is 4.98 Å². The van der Waals surface area contributed by atoms with E-state index >= 15 is 0 Å². The van der Waals surface area contributed by atoms with Gasteiger partial charge in [-0.05, 0) is 44.4 Å². The summed E-state index contributed by atoms with van der Waals surface area (Å²) < 4.78 is 14.1. The third kappa shape index (κ3) is 5.35. The molecule has 0 radical (unpaired) electrons. The molecule has 0 aliphatic carbocycles. The summed E-state index contributed by atoms with van der Waals surface area (Å²) >= 11 is 5.98. The van der Waals surface area contributed by atoms with Gasteiger partial charge in [-0.1, -0.05) is 11.6 Å². The highest BCUT2D eigenvalue weighted by Crippen LogP contribution is 2.26. The van der Waals surface area contributed by atoms with Gasteiger partial charge >= 0.3 is 0 Å². The van der Waals surface area contributed by atoms with E-state index in [9.17, 15) is 4.39 Å². The lowest BCUT2D eigenvalue weighted by Gasteiger charge is -2.13. The Morgan fingerprint density at radius 2 is 1.85 bits per heavy atom. The lowest BCUT2D eigenvalue weighted by Crippen LogP contribution is -2.21. The van der Waals surface area contributed by atoms with Gasteiger partial charge in [0.2, 0.25) is 5.95 Å². The number of anilines is 3. The highest BCUT2D eigenvalue weighted by molar-refractivity contribution is 6.30. The molecule has 3 rings (SSSR count). The van der Waals surface area contributed by atoms with Crippen molar-refractivity contribution >= 4 is 29.1 Å². The van der Waals surface area contributed by atoms with Crippen molar-refractivity contribution in [3.05, 3.63) is 59.6 Å². The zero-order chi connectivity index (χ0) is 19.2. The predicted octanol–water partition coefficient (Wildman–Crippen LogP) is 4.05. The predicted molar refractivity (Wildman–Crippen MR) is 107 cm³/mol. The summed E-state index contributed by atoms with van der Waals surface area (Å²) in [4.78, 5) is 15.1. The molecule has 140 valence electrons. The maximum Gasteiger partial charge on any atom is 0.225 e. The van der Waals surface area contributed by atoms with Crippen LogP contribution < -0.4 is 10.6 Å². The second-order valence-corrected chi connectivity index (χ2v) is 6.61. The van der Waals surface area contributed by atoms with E-state index in [-0.39, 0.29) is 5.69 Å². The van der Waals surface area contributed by atoms with Gasteiger partial charge in [-0.3, -0.25) is 4.98 Å². The van der Waals surface area contributed by atoms with Gasteiger partial charge < -0.3 is 15.5 Å². The number of hydrogen-bond acceptors (Lipinski definition) is 6. The van der Waals surface area contributed by atoms with E-state index in [1.807, 2.05) is 26.2 Å². The van der Waals surface area contributed by atoms with Crippen LogP contribution in [-0.4, -0.2) is 47.0 Å². The van der Waals surface area contributed by atoms with Gasteiger partial charge in [-0.15, -0.1) is 0 Å². The van der Waals surface area contributed by atoms with Crippen LogP contribution in [-0.2, 0) is 0 Å². The summed E-state index contributed by atoms with van der Waals surface area (Å²) in [5, 5.41) is 6.62. The van der Waals surface area contributed by atoms with E-state index in [2.05, 4.69) is 30.5 Å². The second kappa shape index (κ2) is 8.75. The van der Waals surface area contributed by atoms with Crippen molar-refractivity contribution in [3.8, 4) is 11.3 Å². The Labute approximate surface area is 162 Å². The smallest absolute Gasteiger partial charge is 0.225 e. The molecule has 2 heterocycles. The highest BCUT2D eigenvalue weighted by atomic mass is 35.5. The van der Waals surface area contributed by atoms with Crippen LogP contribution in [0.3, 0.4) is 0 Å². The lowest BCUT2D eigenvalue weighted by molar-refractivity contribution is 0.425. The fourth-order valence-electron chi connectivity index (χ4n) is 2.38. The summed E-state index contributed by atoms with van der Waals surface area (Å²) in [6.45, 7) is 1.51. The van der Waals surface area contributed by atoms with Crippen molar-refractivity contribution in [2.75, 3.05) is 37.8 Å². The molecule has 8 heteroatoms. The third-order valence-electron chi connectivity index (χ3n) is 3.74. The molecule has 0 atom stereocenters. The number of pyridine rings is 1. The molecule has 0 aliphatic rings. The average Bonchev–Trinajstić information content (AvgIpc) is 2.65. The minimum absolute atomic E-state index is 0.251. The molecule has 0 amide bonds. The lowest BCUT2D eigenvalue weighted by atomic mass is 10.2. The van der Waals surface area contributed by atoms with E-state index in [0.717, 1.165) is 12.1 Å². The molecule has 27 heavy (non-hydrogen) atoms. The van der Waals surface area contributed by atoms with Crippen molar-refractivity contribution in [2.45, 2.75) is 0 Å². The Hall–Kier alpha value is -2.77. The van der Waals surface area contributed by atoms with Gasteiger partial charge in [0.05, 0.1) is 11.4 Å². The fraction of sp³-hybridized carbons (Fsp3) is 0.211. The van der Waals surface area contributed by atoms with Gasteiger partial charge in [0.25, 0.3) is 0 Å². The number of aromatic nitrogens is 3. The van der Waals surface area contributed by atoms with Crippen molar-refractivity contribution in [3.63, 3.8) is 0 Å². The van der Waals surface area contributed by atoms with E-state index in [1.54, 1.807) is 18.5 Å². The SMILES string of the molecule is CN(C)CCNc1nc(Nc2cc(Cl)ccc2F)cc(-c2ccncc2)n1. The van der Waals surface area contributed by atoms with E-state index in [1.165, 1.54) is 18.2 Å². The van der Waals surface area contributed by atoms with Gasteiger partial charge in [0.15, 0.2) is 0 Å². The molecule has 0 bridgehead atoms. The largest absolute Gasteiger partial charge is 0.353 e. The molecule has 6 nitrogen and oxygen atoms in total. The summed E-state index contributed by atoms with van der Waals surface area (Å²) in [5.74, 6) is 0.507. The van der Waals surface area contributed by atoms with Crippen LogP contribution in [0.25, 0.3) is 11.3 Å². The van der Waals surface area contributed by atoms with Crippen LogP contribution in [0.2, 0.25) is 5.02 Å². The number of rotatable bonds is 7. The van der Waals surface area contributed by atoms with Crippen molar-refractivity contribution in [2.24, 2.45) is 0 Å². The van der Waals surface area contributed by atoms with Crippen LogP contribution in [0.4, 0.5) is 21.8 Å². The molecule has 0 unspecified atom stereocenters. The molecular formula is C19H20ClFN6. The maximum atomic E-state index is 14.1. The number of benzene rings is 1. The normalized spacial score (nSPS) is 10.9. The average molecular weight is 387 g/mol. The zero-order valence-corrected chi connectivity index (χ0v) is 15.8. The monoisotopic (exact) mass is 386 g/mol. The van der Waals surface area contributed by atoms with Gasteiger partial charge in [-0.25, -0.2) is 9.37 Å². The Bertz CT molecular complexity index is 904. The van der Waals surface area contributed by atoms with Crippen molar-refractivity contribution in [1.82, 2.24) is 19.9 Å². The molecule has 1 aromatic carbocycles. The molecule has 0 saturated heterocycles. The topological polar surface area (TPSA) is 66.0 Å². The number of hydrogen-bond donors (Lipinski definition) is 2. The summed E-state index contributed by atoms with van der Waals surface area (Å²) in [5.41, 5.74) is 1.84. The summed E-state index contributed by atoms with van der Waals surface area (Å²) in [6.07, 6.45) is 3.39. The van der Waals surface area contributed by atoms with Crippen LogP contribution in [0.5, 0.6) is 0 Å². The second-order valence-electron chi connectivity index (χ2n) is 6.18. The highest BCUT2D eigenvalue weighted by Gasteiger charge is 2.10. The fourth-order valence-corrected chi connectivity index (χ4v) is 2.56. The van der Waals surface area contributed by atoms with Crippen molar-refractivity contribution < 1.29 is 4.39 Å². The van der Waals surface area contributed by atoms with Crippen LogP contribution in [0.15, 0.2) is 48.8 Å². The number of halogens is 2. The Morgan fingerprint density at radius 1 is 1.07 bits per heavy atom. The van der Waals surface area contributed by atoms with Crippen LogP contribution in [0, 0.1) is 5.82 Å². The first-order valence-corrected chi connectivity index (χ1v) is 8.79. The third-order valence-corrected chi connectivity index (χ3v) is 3.97. The molecule has 0 spiro atoms. The first-order valence-electron chi connectivity index (χ1n) is 8.41. The minimum Gasteiger partial charge on any atom is -0.353 e. The zero-order valence-electron chi connectivity index (χ0n) is 15.1. The maximum absolute atomic E-state index is 14.1. The molecule has 3 aromatic rings. The molecule has 0 aliphatic heterocycles. The molecule has 2 aromatic heterocycles. The molecule has 2 N–H and O–H groups in total. The van der Waals surface area contributed by atoms with Gasteiger partial charge in [0.1, 0.15) is 11.6 Å². The standard InChI is InChI=1S/C19H20ClFN6/c1-27(2)10-9-23-19-25-16(13-5-7-22-8-6-13)12-18(26-19)24-17-11-14(20)3-4-15(17)21/h3-8,11-12H,9-10H2,1-2H3,(H2,23,24,25,26). The number of nitrogens with one attached hydrogen (secondary N) is 2. The summed E-state index contributed by atoms with van der Waals surface area (Å²) in [6, 6.07) is 9.80. The minimum atomic E-state index is -0.411. The summed E-state index contributed by atoms with van der Waals surface area (Å²) in [7, 11) is 3.98. The van der Waals surface area contributed by atoms with Gasteiger partial charge in [0, 0.05) is 42.1 Å². The number of nitrogens with zero attached hydrogens (tertiary/aromatic N) is 4.